The molecular formula is C9H14F3NO2. The maximum Gasteiger partial charge on any atom is 0.401 e. The number of carbonyl (C=O) groups excluding carboxylic acids is 1. The van der Waals surface area contributed by atoms with Gasteiger partial charge in [-0.2, -0.15) is 13.2 Å². The van der Waals surface area contributed by atoms with E-state index in [9.17, 15) is 18.0 Å². The third kappa shape index (κ3) is 3.37. The smallest absolute Gasteiger partial charge is 0.401 e. The molecule has 88 valence electrons. The third-order valence-corrected chi connectivity index (χ3v) is 2.59. The van der Waals surface area contributed by atoms with Crippen molar-refractivity contribution in [1.29, 1.82) is 0 Å². The van der Waals surface area contributed by atoms with Crippen LogP contribution in [0.1, 0.15) is 6.92 Å². The molecular weight excluding hydrogens is 211 g/mol. The van der Waals surface area contributed by atoms with Gasteiger partial charge in [0.2, 0.25) is 0 Å². The van der Waals surface area contributed by atoms with Crippen LogP contribution in [0.5, 0.6) is 0 Å². The number of nitrogens with zero attached hydrogens (tertiary/aromatic N) is 1. The summed E-state index contributed by atoms with van der Waals surface area (Å²) in [7, 11) is 1.25. The van der Waals surface area contributed by atoms with Crippen LogP contribution in [0.3, 0.4) is 0 Å². The van der Waals surface area contributed by atoms with Crippen LogP contribution in [0.4, 0.5) is 13.2 Å². The summed E-state index contributed by atoms with van der Waals surface area (Å²) < 4.78 is 40.8. The maximum atomic E-state index is 12.1. The second kappa shape index (κ2) is 4.38. The first-order chi connectivity index (χ1) is 6.83. The summed E-state index contributed by atoms with van der Waals surface area (Å²) in [5.41, 5.74) is 0. The summed E-state index contributed by atoms with van der Waals surface area (Å²) in [5.74, 6) is -0.940. The van der Waals surface area contributed by atoms with E-state index >= 15 is 0 Å². The Bertz CT molecular complexity index is 242. The highest BCUT2D eigenvalue weighted by atomic mass is 19.4. The molecule has 0 aliphatic carbocycles. The van der Waals surface area contributed by atoms with Gasteiger partial charge in [-0.3, -0.25) is 9.69 Å². The average Bonchev–Trinajstić information content (AvgIpc) is 2.42. The zero-order valence-electron chi connectivity index (χ0n) is 8.67. The van der Waals surface area contributed by atoms with Crippen LogP contribution in [0.2, 0.25) is 0 Å². The van der Waals surface area contributed by atoms with Crippen molar-refractivity contribution in [3.8, 4) is 0 Å². The van der Waals surface area contributed by atoms with Gasteiger partial charge in [0.15, 0.2) is 0 Å². The predicted octanol–water partition coefficient (Wildman–Crippen LogP) is 1.29. The van der Waals surface area contributed by atoms with E-state index in [-0.39, 0.29) is 12.5 Å². The minimum absolute atomic E-state index is 0.0835. The van der Waals surface area contributed by atoms with E-state index in [0.717, 1.165) is 0 Å². The molecule has 0 aromatic heterocycles. The van der Waals surface area contributed by atoms with Crippen molar-refractivity contribution in [2.75, 3.05) is 26.7 Å². The highest BCUT2D eigenvalue weighted by Crippen LogP contribution is 2.27. The molecule has 6 heteroatoms. The van der Waals surface area contributed by atoms with Gasteiger partial charge in [-0.05, 0) is 5.92 Å². The first-order valence-corrected chi connectivity index (χ1v) is 4.70. The van der Waals surface area contributed by atoms with Crippen LogP contribution in [-0.2, 0) is 9.53 Å². The molecule has 2 atom stereocenters. The number of hydrogen-bond donors (Lipinski definition) is 0. The number of halogens is 3. The first-order valence-electron chi connectivity index (χ1n) is 4.70. The van der Waals surface area contributed by atoms with Crippen molar-refractivity contribution >= 4 is 5.97 Å². The van der Waals surface area contributed by atoms with Gasteiger partial charge >= 0.3 is 12.1 Å². The highest BCUT2D eigenvalue weighted by Gasteiger charge is 2.40. The van der Waals surface area contributed by atoms with Crippen molar-refractivity contribution in [1.82, 2.24) is 4.90 Å². The molecule has 0 N–H and O–H groups in total. The van der Waals surface area contributed by atoms with Crippen molar-refractivity contribution in [3.63, 3.8) is 0 Å². The second-order valence-electron chi connectivity index (χ2n) is 3.92. The number of methoxy groups -OCH3 is 1. The van der Waals surface area contributed by atoms with Gasteiger partial charge in [-0.25, -0.2) is 0 Å². The van der Waals surface area contributed by atoms with Crippen molar-refractivity contribution < 1.29 is 22.7 Å². The van der Waals surface area contributed by atoms with Gasteiger partial charge in [0.05, 0.1) is 19.6 Å². The largest absolute Gasteiger partial charge is 0.469 e. The molecule has 0 spiro atoms. The number of esters is 1. The molecule has 1 saturated heterocycles. The lowest BCUT2D eigenvalue weighted by molar-refractivity contribution is -0.149. The molecule has 0 saturated carbocycles. The van der Waals surface area contributed by atoms with Crippen LogP contribution in [0.15, 0.2) is 0 Å². The summed E-state index contributed by atoms with van der Waals surface area (Å²) in [6.45, 7) is 1.23. The molecule has 0 aromatic rings. The van der Waals surface area contributed by atoms with Crippen LogP contribution in [0, 0.1) is 11.8 Å². The van der Waals surface area contributed by atoms with Gasteiger partial charge in [0, 0.05) is 13.1 Å². The molecule has 1 aliphatic heterocycles. The second-order valence-corrected chi connectivity index (χ2v) is 3.92. The number of ether oxygens (including phenoxy) is 1. The van der Waals surface area contributed by atoms with Gasteiger partial charge in [0.1, 0.15) is 0 Å². The van der Waals surface area contributed by atoms with Crippen LogP contribution >= 0.6 is 0 Å². The SMILES string of the molecule is COC(=O)C1CN(CC(F)(F)F)CC1C. The molecule has 0 bridgehead atoms. The summed E-state index contributed by atoms with van der Waals surface area (Å²) in [4.78, 5) is 12.4. The summed E-state index contributed by atoms with van der Waals surface area (Å²) in [6.07, 6.45) is -4.20. The minimum Gasteiger partial charge on any atom is -0.469 e. The number of carbonyl (C=O) groups is 1. The standard InChI is InChI=1S/C9H14F3NO2/c1-6-3-13(5-9(10,11)12)4-7(6)8(14)15-2/h6-7H,3-5H2,1-2H3. The first kappa shape index (κ1) is 12.3. The Morgan fingerprint density at radius 2 is 2.07 bits per heavy atom. The fourth-order valence-corrected chi connectivity index (χ4v) is 1.91. The topological polar surface area (TPSA) is 29.5 Å². The average molecular weight is 225 g/mol. The number of rotatable bonds is 2. The lowest BCUT2D eigenvalue weighted by Crippen LogP contribution is -2.33. The lowest BCUT2D eigenvalue weighted by Gasteiger charge is -2.17. The molecule has 15 heavy (non-hydrogen) atoms. The fourth-order valence-electron chi connectivity index (χ4n) is 1.91. The van der Waals surface area contributed by atoms with E-state index < -0.39 is 24.6 Å². The molecule has 0 aromatic carbocycles. The number of alkyl halides is 3. The Kier molecular flexibility index (Phi) is 3.59. The predicted molar refractivity (Wildman–Crippen MR) is 47.2 cm³/mol. The summed E-state index contributed by atoms with van der Waals surface area (Å²) in [5, 5.41) is 0. The normalized spacial score (nSPS) is 28.1. The lowest BCUT2D eigenvalue weighted by atomic mass is 9.99. The molecule has 1 rings (SSSR count). The Labute approximate surface area is 86.2 Å². The molecule has 1 aliphatic rings. The van der Waals surface area contributed by atoms with Gasteiger partial charge < -0.3 is 4.74 Å². The maximum absolute atomic E-state index is 12.1. The van der Waals surface area contributed by atoms with E-state index in [1.165, 1.54) is 12.0 Å². The summed E-state index contributed by atoms with van der Waals surface area (Å²) >= 11 is 0. The Morgan fingerprint density at radius 3 is 2.53 bits per heavy atom. The quantitative estimate of drug-likeness (QED) is 0.663. The van der Waals surface area contributed by atoms with Crippen molar-refractivity contribution in [3.05, 3.63) is 0 Å². The third-order valence-electron chi connectivity index (χ3n) is 2.59. The zero-order valence-corrected chi connectivity index (χ0v) is 8.67. The van der Waals surface area contributed by atoms with Gasteiger partial charge in [0.25, 0.3) is 0 Å². The monoisotopic (exact) mass is 225 g/mol. The van der Waals surface area contributed by atoms with E-state index in [4.69, 9.17) is 0 Å². The van der Waals surface area contributed by atoms with E-state index in [1.807, 2.05) is 0 Å². The number of likely N-dealkylation sites (tertiary alicyclic amines) is 1. The molecule has 3 nitrogen and oxygen atoms in total. The molecule has 1 fully saturated rings. The van der Waals surface area contributed by atoms with Gasteiger partial charge in [-0.1, -0.05) is 6.92 Å². The highest BCUT2D eigenvalue weighted by molar-refractivity contribution is 5.73. The fraction of sp³-hybridized carbons (Fsp3) is 0.889. The zero-order chi connectivity index (χ0) is 11.6. The van der Waals surface area contributed by atoms with Crippen LogP contribution in [-0.4, -0.2) is 43.8 Å². The molecule has 0 amide bonds. The van der Waals surface area contributed by atoms with Crippen molar-refractivity contribution in [2.24, 2.45) is 11.8 Å². The molecule has 2 unspecified atom stereocenters. The summed E-state index contributed by atoms with van der Waals surface area (Å²) in [6, 6.07) is 0. The Balaban J connectivity index is 2.52. The minimum atomic E-state index is -4.20. The number of hydrogen-bond acceptors (Lipinski definition) is 3. The Morgan fingerprint density at radius 1 is 1.47 bits per heavy atom. The molecule has 0 radical (unpaired) electrons. The van der Waals surface area contributed by atoms with E-state index in [1.54, 1.807) is 6.92 Å². The van der Waals surface area contributed by atoms with Crippen LogP contribution < -0.4 is 0 Å². The van der Waals surface area contributed by atoms with Crippen LogP contribution in [0.25, 0.3) is 0 Å². The van der Waals surface area contributed by atoms with E-state index in [2.05, 4.69) is 4.74 Å². The van der Waals surface area contributed by atoms with E-state index in [0.29, 0.717) is 6.54 Å². The Hall–Kier alpha value is -0.780. The van der Waals surface area contributed by atoms with Gasteiger partial charge in [-0.15, -0.1) is 0 Å². The molecule has 1 heterocycles. The van der Waals surface area contributed by atoms with Crippen molar-refractivity contribution in [2.45, 2.75) is 13.1 Å².